The molecule has 6 heteroatoms. The van der Waals surface area contributed by atoms with Crippen LogP contribution in [0, 0.1) is 0 Å². The summed E-state index contributed by atoms with van der Waals surface area (Å²) in [4.78, 5) is 9.59. The van der Waals surface area contributed by atoms with Gasteiger partial charge in [-0.15, -0.1) is 11.3 Å². The van der Waals surface area contributed by atoms with Crippen LogP contribution in [0.2, 0.25) is 0 Å². The minimum Gasteiger partial charge on any atom is -0.396 e. The number of ether oxygens (including phenoxy) is 1. The minimum absolute atomic E-state index is 0.0300. The lowest BCUT2D eigenvalue weighted by Gasteiger charge is -2.16. The summed E-state index contributed by atoms with van der Waals surface area (Å²) in [5.41, 5.74) is 0. The highest BCUT2D eigenvalue weighted by molar-refractivity contribution is 7.16. The maximum absolute atomic E-state index is 8.95. The summed E-state index contributed by atoms with van der Waals surface area (Å²) in [5, 5.41) is 15.1. The molecule has 0 saturated carbocycles. The average Bonchev–Trinajstić information content (AvgIpc) is 2.77. The molecule has 2 aromatic heterocycles. The fraction of sp³-hybridized carbons (Fsp3) is 0.455. The first kappa shape index (κ1) is 12.2. The molecule has 1 unspecified atom stereocenters. The van der Waals surface area contributed by atoms with Crippen LogP contribution in [0.1, 0.15) is 6.42 Å². The Labute approximate surface area is 103 Å². The molecule has 0 amide bonds. The molecule has 0 bridgehead atoms. The van der Waals surface area contributed by atoms with Crippen LogP contribution < -0.4 is 5.32 Å². The monoisotopic (exact) mass is 253 g/mol. The van der Waals surface area contributed by atoms with Gasteiger partial charge in [-0.05, 0) is 17.9 Å². The first-order chi connectivity index (χ1) is 8.33. The van der Waals surface area contributed by atoms with Crippen LogP contribution in [0.15, 0.2) is 17.6 Å². The molecule has 1 atom stereocenters. The molecule has 0 saturated heterocycles. The minimum atomic E-state index is 0.0300. The number of rotatable bonds is 6. The summed E-state index contributed by atoms with van der Waals surface area (Å²) >= 11 is 1.58. The van der Waals surface area contributed by atoms with Gasteiger partial charge in [0.15, 0.2) is 0 Å². The van der Waals surface area contributed by atoms with Gasteiger partial charge in [0.25, 0.3) is 0 Å². The normalized spacial score (nSPS) is 12.8. The van der Waals surface area contributed by atoms with Crippen molar-refractivity contribution in [3.8, 4) is 0 Å². The molecular weight excluding hydrogens is 238 g/mol. The van der Waals surface area contributed by atoms with Gasteiger partial charge < -0.3 is 15.2 Å². The Morgan fingerprint density at radius 3 is 3.24 bits per heavy atom. The molecule has 0 aliphatic heterocycles. The third-order valence-corrected chi connectivity index (χ3v) is 3.21. The Morgan fingerprint density at radius 2 is 2.47 bits per heavy atom. The van der Waals surface area contributed by atoms with Crippen LogP contribution >= 0.6 is 11.3 Å². The Hall–Kier alpha value is -1.24. The second-order valence-corrected chi connectivity index (χ2v) is 4.58. The molecule has 5 nitrogen and oxygen atoms in total. The van der Waals surface area contributed by atoms with Crippen molar-refractivity contribution in [1.29, 1.82) is 0 Å². The van der Waals surface area contributed by atoms with Gasteiger partial charge in [0, 0.05) is 25.3 Å². The molecule has 0 aliphatic carbocycles. The summed E-state index contributed by atoms with van der Waals surface area (Å²) in [7, 11) is 1.63. The SMILES string of the molecule is COCC(CCO)Nc1ncc2ccsc2n1. The van der Waals surface area contributed by atoms with Crippen molar-refractivity contribution in [1.82, 2.24) is 9.97 Å². The summed E-state index contributed by atoms with van der Waals surface area (Å²) in [6, 6.07) is 2.02. The largest absolute Gasteiger partial charge is 0.396 e. The number of fused-ring (bicyclic) bond motifs is 1. The molecule has 2 heterocycles. The highest BCUT2D eigenvalue weighted by Crippen LogP contribution is 2.18. The van der Waals surface area contributed by atoms with Crippen molar-refractivity contribution >= 4 is 27.5 Å². The van der Waals surface area contributed by atoms with E-state index in [1.54, 1.807) is 24.6 Å². The van der Waals surface area contributed by atoms with E-state index < -0.39 is 0 Å². The van der Waals surface area contributed by atoms with Crippen LogP contribution in [-0.4, -0.2) is 41.4 Å². The van der Waals surface area contributed by atoms with E-state index in [1.165, 1.54) is 0 Å². The molecule has 2 N–H and O–H groups in total. The molecule has 2 rings (SSSR count). The van der Waals surface area contributed by atoms with Gasteiger partial charge in [0.1, 0.15) is 4.83 Å². The van der Waals surface area contributed by atoms with E-state index in [0.717, 1.165) is 10.2 Å². The summed E-state index contributed by atoms with van der Waals surface area (Å²) in [6.45, 7) is 0.634. The number of aromatic nitrogens is 2. The predicted octanol–water partition coefficient (Wildman–Crippen LogP) is 1.50. The number of aliphatic hydroxyl groups excluding tert-OH is 1. The van der Waals surface area contributed by atoms with Crippen molar-refractivity contribution in [2.75, 3.05) is 25.6 Å². The zero-order chi connectivity index (χ0) is 12.1. The van der Waals surface area contributed by atoms with Crippen LogP contribution in [0.5, 0.6) is 0 Å². The van der Waals surface area contributed by atoms with Gasteiger partial charge in [-0.3, -0.25) is 0 Å². The molecule has 0 radical (unpaired) electrons. The Morgan fingerprint density at radius 1 is 1.59 bits per heavy atom. The highest BCUT2D eigenvalue weighted by Gasteiger charge is 2.09. The van der Waals surface area contributed by atoms with Gasteiger partial charge in [0.05, 0.1) is 12.6 Å². The number of nitrogens with one attached hydrogen (secondary N) is 1. The van der Waals surface area contributed by atoms with Crippen molar-refractivity contribution in [2.24, 2.45) is 0 Å². The molecule has 0 fully saturated rings. The molecule has 0 aliphatic rings. The summed E-state index contributed by atoms with van der Waals surface area (Å²) in [5.74, 6) is 0.579. The van der Waals surface area contributed by atoms with Gasteiger partial charge in [0.2, 0.25) is 5.95 Å². The number of anilines is 1. The van der Waals surface area contributed by atoms with Crippen LogP contribution in [0.4, 0.5) is 5.95 Å². The smallest absolute Gasteiger partial charge is 0.224 e. The van der Waals surface area contributed by atoms with Crippen molar-refractivity contribution in [3.63, 3.8) is 0 Å². The van der Waals surface area contributed by atoms with E-state index in [0.29, 0.717) is 19.0 Å². The standard InChI is InChI=1S/C11H15N3O2S/c1-16-7-9(2-4-15)13-11-12-6-8-3-5-17-10(8)14-11/h3,5-6,9,15H,2,4,7H2,1H3,(H,12,13,14). The number of hydrogen-bond acceptors (Lipinski definition) is 6. The van der Waals surface area contributed by atoms with Crippen LogP contribution in [-0.2, 0) is 4.74 Å². The lowest BCUT2D eigenvalue weighted by atomic mass is 10.2. The lowest BCUT2D eigenvalue weighted by molar-refractivity contribution is 0.170. The topological polar surface area (TPSA) is 67.3 Å². The zero-order valence-corrected chi connectivity index (χ0v) is 10.4. The van der Waals surface area contributed by atoms with E-state index in [1.807, 2.05) is 11.4 Å². The lowest BCUT2D eigenvalue weighted by Crippen LogP contribution is -2.27. The highest BCUT2D eigenvalue weighted by atomic mass is 32.1. The molecule has 0 spiro atoms. The zero-order valence-electron chi connectivity index (χ0n) is 9.59. The number of aliphatic hydroxyl groups is 1. The first-order valence-electron chi connectivity index (χ1n) is 5.40. The maximum Gasteiger partial charge on any atom is 0.224 e. The molecule has 92 valence electrons. The van der Waals surface area contributed by atoms with Crippen molar-refractivity contribution < 1.29 is 9.84 Å². The van der Waals surface area contributed by atoms with Crippen molar-refractivity contribution in [2.45, 2.75) is 12.5 Å². The second-order valence-electron chi connectivity index (χ2n) is 3.68. The van der Waals surface area contributed by atoms with E-state index in [4.69, 9.17) is 9.84 Å². The number of thiophene rings is 1. The maximum atomic E-state index is 8.95. The Kier molecular flexibility index (Phi) is 4.24. The Balaban J connectivity index is 2.09. The Bertz CT molecular complexity index is 468. The predicted molar refractivity (Wildman–Crippen MR) is 68.4 cm³/mol. The fourth-order valence-electron chi connectivity index (χ4n) is 1.56. The average molecular weight is 253 g/mol. The third kappa shape index (κ3) is 3.12. The van der Waals surface area contributed by atoms with E-state index in [9.17, 15) is 0 Å². The van der Waals surface area contributed by atoms with Gasteiger partial charge in [-0.1, -0.05) is 0 Å². The number of methoxy groups -OCH3 is 1. The summed E-state index contributed by atoms with van der Waals surface area (Å²) < 4.78 is 5.07. The molecule has 2 aromatic rings. The fourth-order valence-corrected chi connectivity index (χ4v) is 2.30. The van der Waals surface area contributed by atoms with Gasteiger partial charge in [-0.25, -0.2) is 9.97 Å². The van der Waals surface area contributed by atoms with E-state index >= 15 is 0 Å². The van der Waals surface area contributed by atoms with Crippen molar-refractivity contribution in [3.05, 3.63) is 17.6 Å². The molecular formula is C11H15N3O2S. The quantitative estimate of drug-likeness (QED) is 0.816. The molecule has 0 aromatic carbocycles. The first-order valence-corrected chi connectivity index (χ1v) is 6.28. The van der Waals surface area contributed by atoms with Crippen LogP contribution in [0.3, 0.4) is 0 Å². The van der Waals surface area contributed by atoms with Gasteiger partial charge in [-0.2, -0.15) is 0 Å². The molecule has 17 heavy (non-hydrogen) atoms. The van der Waals surface area contributed by atoms with E-state index in [2.05, 4.69) is 15.3 Å². The second kappa shape index (κ2) is 5.90. The number of hydrogen-bond donors (Lipinski definition) is 2. The summed E-state index contributed by atoms with van der Waals surface area (Å²) in [6.07, 6.45) is 2.41. The van der Waals surface area contributed by atoms with Crippen LogP contribution in [0.25, 0.3) is 10.2 Å². The third-order valence-electron chi connectivity index (χ3n) is 2.39. The number of nitrogens with zero attached hydrogens (tertiary/aromatic N) is 2. The van der Waals surface area contributed by atoms with Gasteiger partial charge >= 0.3 is 0 Å². The van der Waals surface area contributed by atoms with E-state index in [-0.39, 0.29) is 12.6 Å².